The molecular weight excluding hydrogens is 266 g/mol. The van der Waals surface area contributed by atoms with Crippen molar-refractivity contribution >= 4 is 0 Å². The highest BCUT2D eigenvalue weighted by atomic mass is 16.5. The van der Waals surface area contributed by atoms with E-state index < -0.39 is 0 Å². The Morgan fingerprint density at radius 3 is 2.33 bits per heavy atom. The Labute approximate surface area is 128 Å². The quantitative estimate of drug-likeness (QED) is 0.716. The normalized spacial score (nSPS) is 13.8. The molecule has 0 saturated carbocycles. The lowest BCUT2D eigenvalue weighted by Gasteiger charge is -2.21. The van der Waals surface area contributed by atoms with Gasteiger partial charge in [-0.1, -0.05) is 13.0 Å². The van der Waals surface area contributed by atoms with Gasteiger partial charge in [0.15, 0.2) is 11.5 Å². The monoisotopic (exact) mass is 295 g/mol. The fourth-order valence-electron chi connectivity index (χ4n) is 2.29. The van der Waals surface area contributed by atoms with Gasteiger partial charge in [-0.25, -0.2) is 0 Å². The molecule has 21 heavy (non-hydrogen) atoms. The van der Waals surface area contributed by atoms with Gasteiger partial charge in [0.25, 0.3) is 0 Å². The maximum Gasteiger partial charge on any atom is 0.161 e. The molecular formula is C17H29NO3. The summed E-state index contributed by atoms with van der Waals surface area (Å²) in [6, 6.07) is 6.44. The van der Waals surface area contributed by atoms with Gasteiger partial charge < -0.3 is 19.5 Å². The van der Waals surface area contributed by atoms with Gasteiger partial charge in [0.05, 0.1) is 20.3 Å². The average molecular weight is 295 g/mol. The van der Waals surface area contributed by atoms with Gasteiger partial charge in [-0.2, -0.15) is 0 Å². The lowest BCUT2D eigenvalue weighted by atomic mass is 9.99. The zero-order valence-electron chi connectivity index (χ0n) is 13.9. The summed E-state index contributed by atoms with van der Waals surface area (Å²) in [5.74, 6) is 1.54. The Balaban J connectivity index is 2.85. The molecule has 0 bridgehead atoms. The molecule has 0 radical (unpaired) electrons. The summed E-state index contributed by atoms with van der Waals surface area (Å²) in [6.07, 6.45) is 3.44. The minimum atomic E-state index is 0.274. The van der Waals surface area contributed by atoms with Crippen LogP contribution in [-0.4, -0.2) is 34.0 Å². The molecule has 1 N–H and O–H groups in total. The third-order valence-corrected chi connectivity index (χ3v) is 3.71. The Morgan fingerprint density at radius 2 is 1.76 bits per heavy atom. The second kappa shape index (κ2) is 9.64. The average Bonchev–Trinajstić information content (AvgIpc) is 2.53. The van der Waals surface area contributed by atoms with E-state index in [0.717, 1.165) is 37.3 Å². The van der Waals surface area contributed by atoms with Crippen molar-refractivity contribution < 1.29 is 14.2 Å². The van der Waals surface area contributed by atoms with Crippen molar-refractivity contribution in [1.82, 2.24) is 5.32 Å². The third-order valence-electron chi connectivity index (χ3n) is 3.71. The highest BCUT2D eigenvalue weighted by Gasteiger charge is 2.15. The topological polar surface area (TPSA) is 39.7 Å². The van der Waals surface area contributed by atoms with E-state index in [4.69, 9.17) is 14.2 Å². The van der Waals surface area contributed by atoms with E-state index >= 15 is 0 Å². The van der Waals surface area contributed by atoms with E-state index in [0.29, 0.717) is 6.04 Å². The van der Waals surface area contributed by atoms with Crippen molar-refractivity contribution in [2.24, 2.45) is 0 Å². The largest absolute Gasteiger partial charge is 0.493 e. The Hall–Kier alpha value is -1.26. The number of nitrogens with one attached hydrogen (secondary N) is 1. The molecule has 1 rings (SSSR count). The minimum Gasteiger partial charge on any atom is -0.493 e. The van der Waals surface area contributed by atoms with Crippen molar-refractivity contribution in [2.75, 3.05) is 27.9 Å². The summed E-state index contributed by atoms with van der Waals surface area (Å²) in [5, 5.41) is 3.60. The van der Waals surface area contributed by atoms with Gasteiger partial charge in [0.1, 0.15) is 0 Å². The molecule has 0 aromatic heterocycles. The van der Waals surface area contributed by atoms with Crippen molar-refractivity contribution in [1.29, 1.82) is 0 Å². The zero-order chi connectivity index (χ0) is 15.7. The standard InChI is InChI=1S/C17H29NO3/c1-6-11-18-15(9-7-13(2)19-3)14-8-10-16(20-4)17(12-14)21-5/h8,10,12-13,15,18H,6-7,9,11H2,1-5H3. The van der Waals surface area contributed by atoms with Gasteiger partial charge >= 0.3 is 0 Å². The SMILES string of the molecule is CCCNC(CCC(C)OC)c1ccc(OC)c(OC)c1. The highest BCUT2D eigenvalue weighted by molar-refractivity contribution is 5.43. The lowest BCUT2D eigenvalue weighted by Crippen LogP contribution is -2.23. The smallest absolute Gasteiger partial charge is 0.161 e. The van der Waals surface area contributed by atoms with E-state index in [1.165, 1.54) is 5.56 Å². The Kier molecular flexibility index (Phi) is 8.16. The molecule has 0 amide bonds. The van der Waals surface area contributed by atoms with Crippen LogP contribution in [0.25, 0.3) is 0 Å². The van der Waals surface area contributed by atoms with E-state index in [-0.39, 0.29) is 6.10 Å². The third kappa shape index (κ3) is 5.56. The molecule has 2 unspecified atom stereocenters. The van der Waals surface area contributed by atoms with Crippen molar-refractivity contribution in [2.45, 2.75) is 45.3 Å². The van der Waals surface area contributed by atoms with Crippen LogP contribution in [0.4, 0.5) is 0 Å². The number of benzene rings is 1. The van der Waals surface area contributed by atoms with Crippen molar-refractivity contribution in [3.63, 3.8) is 0 Å². The first-order chi connectivity index (χ1) is 10.2. The van der Waals surface area contributed by atoms with E-state index in [9.17, 15) is 0 Å². The maximum absolute atomic E-state index is 5.40. The molecule has 1 aromatic carbocycles. The second-order valence-corrected chi connectivity index (χ2v) is 5.24. The summed E-state index contributed by atoms with van der Waals surface area (Å²) < 4.78 is 16.1. The van der Waals surface area contributed by atoms with Crippen molar-refractivity contribution in [3.8, 4) is 11.5 Å². The summed E-state index contributed by atoms with van der Waals surface area (Å²) in [4.78, 5) is 0. The van der Waals surface area contributed by atoms with E-state index in [2.05, 4.69) is 31.3 Å². The number of hydrogen-bond donors (Lipinski definition) is 1. The Bertz CT molecular complexity index is 409. The minimum absolute atomic E-state index is 0.274. The van der Waals surface area contributed by atoms with E-state index in [1.807, 2.05) is 6.07 Å². The number of ether oxygens (including phenoxy) is 3. The summed E-state index contributed by atoms with van der Waals surface area (Å²) in [6.45, 7) is 5.28. The van der Waals surface area contributed by atoms with Crippen LogP contribution in [0, 0.1) is 0 Å². The molecule has 1 aromatic rings. The number of methoxy groups -OCH3 is 3. The first-order valence-electron chi connectivity index (χ1n) is 7.64. The number of hydrogen-bond acceptors (Lipinski definition) is 4. The Morgan fingerprint density at radius 1 is 1.05 bits per heavy atom. The lowest BCUT2D eigenvalue weighted by molar-refractivity contribution is 0.106. The fraction of sp³-hybridized carbons (Fsp3) is 0.647. The van der Waals surface area contributed by atoms with Gasteiger partial charge in [0.2, 0.25) is 0 Å². The molecule has 0 spiro atoms. The summed E-state index contributed by atoms with van der Waals surface area (Å²) in [7, 11) is 5.09. The molecule has 0 fully saturated rings. The predicted octanol–water partition coefficient (Wildman–Crippen LogP) is 3.56. The van der Waals surface area contributed by atoms with Crippen LogP contribution in [-0.2, 0) is 4.74 Å². The van der Waals surface area contributed by atoms with Crippen LogP contribution in [0.3, 0.4) is 0 Å². The first-order valence-corrected chi connectivity index (χ1v) is 7.64. The summed E-state index contributed by atoms with van der Waals surface area (Å²) >= 11 is 0. The second-order valence-electron chi connectivity index (χ2n) is 5.24. The summed E-state index contributed by atoms with van der Waals surface area (Å²) in [5.41, 5.74) is 1.23. The van der Waals surface area contributed by atoms with Gasteiger partial charge in [-0.15, -0.1) is 0 Å². The van der Waals surface area contributed by atoms with Crippen LogP contribution >= 0.6 is 0 Å². The van der Waals surface area contributed by atoms with Crippen LogP contribution in [0.2, 0.25) is 0 Å². The van der Waals surface area contributed by atoms with E-state index in [1.54, 1.807) is 21.3 Å². The molecule has 0 aliphatic heterocycles. The molecule has 0 aliphatic carbocycles. The molecule has 0 aliphatic rings. The maximum atomic E-state index is 5.40. The van der Waals surface area contributed by atoms with Crippen molar-refractivity contribution in [3.05, 3.63) is 23.8 Å². The molecule has 0 heterocycles. The molecule has 4 nitrogen and oxygen atoms in total. The van der Waals surface area contributed by atoms with Gasteiger partial charge in [-0.3, -0.25) is 0 Å². The van der Waals surface area contributed by atoms with Crippen LogP contribution in [0.15, 0.2) is 18.2 Å². The zero-order valence-corrected chi connectivity index (χ0v) is 13.9. The van der Waals surface area contributed by atoms with Gasteiger partial charge in [0, 0.05) is 13.2 Å². The molecule has 0 saturated heterocycles. The van der Waals surface area contributed by atoms with Crippen LogP contribution < -0.4 is 14.8 Å². The first kappa shape index (κ1) is 17.8. The predicted molar refractivity (Wildman–Crippen MR) is 86.3 cm³/mol. The van der Waals surface area contributed by atoms with Gasteiger partial charge in [-0.05, 0) is 50.4 Å². The van der Waals surface area contributed by atoms with Crippen LogP contribution in [0.5, 0.6) is 11.5 Å². The fourth-order valence-corrected chi connectivity index (χ4v) is 2.29. The molecule has 120 valence electrons. The molecule has 2 atom stereocenters. The van der Waals surface area contributed by atoms with Crippen LogP contribution in [0.1, 0.15) is 44.7 Å². The highest BCUT2D eigenvalue weighted by Crippen LogP contribution is 2.31. The number of rotatable bonds is 10. The molecule has 4 heteroatoms.